The molecular formula is C23H32FN3O4. The number of carboxylic acids is 1. The number of alkyl halides is 1. The Balaban J connectivity index is 1.26. The van der Waals surface area contributed by atoms with Crippen molar-refractivity contribution in [1.82, 2.24) is 15.8 Å². The van der Waals surface area contributed by atoms with Gasteiger partial charge in [-0.1, -0.05) is 5.16 Å². The number of hydrogen-bond donors (Lipinski definition) is 3. The molecule has 4 fully saturated rings. The maximum absolute atomic E-state index is 14.2. The van der Waals surface area contributed by atoms with E-state index in [0.717, 1.165) is 50.8 Å². The first-order valence-electron chi connectivity index (χ1n) is 11.7. The summed E-state index contributed by atoms with van der Waals surface area (Å²) in [4.78, 5) is 25.3. The summed E-state index contributed by atoms with van der Waals surface area (Å²) in [5.41, 5.74) is 0.726. The van der Waals surface area contributed by atoms with Crippen molar-refractivity contribution in [3.63, 3.8) is 0 Å². The molecule has 1 spiro atoms. The van der Waals surface area contributed by atoms with E-state index in [1.54, 1.807) is 6.07 Å². The van der Waals surface area contributed by atoms with Gasteiger partial charge in [0.25, 0.3) is 0 Å². The smallest absolute Gasteiger partial charge is 0.307 e. The van der Waals surface area contributed by atoms with Crippen LogP contribution in [-0.2, 0) is 16.1 Å². The standard InChI is InChI=1S/C23H32FN3O4/c1-12-8-15(31-27-12)10-26-21(28)19-16-4-5-17(20(19)22(29)30)23(16)9-14(23)3-2-13-6-7-25-11-18(13)24/h8,13-14,16-20,25H,2-7,9-11H2,1H3,(H,26,28)(H,29,30)/t13-,14?,16-,17+,18+,19+,20+,23?/m0/s1. The zero-order valence-corrected chi connectivity index (χ0v) is 18.0. The molecule has 1 amide bonds. The van der Waals surface area contributed by atoms with Crippen molar-refractivity contribution in [3.05, 3.63) is 17.5 Å². The molecule has 3 saturated carbocycles. The molecule has 3 N–H and O–H groups in total. The van der Waals surface area contributed by atoms with E-state index < -0.39 is 24.0 Å². The highest BCUT2D eigenvalue weighted by Gasteiger charge is 2.75. The molecule has 5 rings (SSSR count). The minimum absolute atomic E-state index is 0.0212. The SMILES string of the molecule is Cc1cc(CNC(=O)[C@H]2[C@H](C(=O)O)[C@H]3CC[C@@H]2C32CC2CC[C@H]2CCNC[C@H]2F)on1. The predicted molar refractivity (Wildman–Crippen MR) is 110 cm³/mol. The molecule has 8 atom stereocenters. The number of hydrogen-bond acceptors (Lipinski definition) is 5. The number of aryl methyl sites for hydroxylation is 1. The molecule has 0 aromatic carbocycles. The van der Waals surface area contributed by atoms with Crippen molar-refractivity contribution < 1.29 is 23.6 Å². The first kappa shape index (κ1) is 20.9. The maximum atomic E-state index is 14.2. The zero-order valence-electron chi connectivity index (χ0n) is 18.0. The topological polar surface area (TPSA) is 104 Å². The van der Waals surface area contributed by atoms with Gasteiger partial charge >= 0.3 is 5.97 Å². The van der Waals surface area contributed by atoms with E-state index in [4.69, 9.17) is 4.52 Å². The van der Waals surface area contributed by atoms with E-state index >= 15 is 0 Å². The summed E-state index contributed by atoms with van der Waals surface area (Å²) in [6.07, 6.45) is 4.72. The van der Waals surface area contributed by atoms with Crippen LogP contribution in [-0.4, -0.2) is 41.4 Å². The minimum Gasteiger partial charge on any atom is -0.481 e. The average Bonchev–Trinajstić information content (AvgIpc) is 2.98. The summed E-state index contributed by atoms with van der Waals surface area (Å²) in [6.45, 7) is 3.36. The third-order valence-corrected chi connectivity index (χ3v) is 8.75. The fourth-order valence-corrected chi connectivity index (χ4v) is 7.43. The van der Waals surface area contributed by atoms with Gasteiger partial charge in [-0.05, 0) is 81.1 Å². The molecule has 2 unspecified atom stereocenters. The third kappa shape index (κ3) is 3.47. The van der Waals surface area contributed by atoms with Crippen LogP contribution in [0.25, 0.3) is 0 Å². The van der Waals surface area contributed by atoms with E-state index in [-0.39, 0.29) is 35.6 Å². The Hall–Kier alpha value is -1.96. The second kappa shape index (κ2) is 7.87. The number of carboxylic acid groups (broad SMARTS) is 1. The van der Waals surface area contributed by atoms with Crippen LogP contribution in [0.4, 0.5) is 4.39 Å². The van der Waals surface area contributed by atoms with Gasteiger partial charge in [-0.2, -0.15) is 0 Å². The van der Waals surface area contributed by atoms with Gasteiger partial charge in [0.2, 0.25) is 5.91 Å². The normalized spacial score (nSPS) is 40.9. The van der Waals surface area contributed by atoms with Crippen LogP contribution in [0.3, 0.4) is 0 Å². The Kier molecular flexibility index (Phi) is 5.31. The lowest BCUT2D eigenvalue weighted by molar-refractivity contribution is -0.149. The fourth-order valence-electron chi connectivity index (χ4n) is 7.43. The summed E-state index contributed by atoms with van der Waals surface area (Å²) in [7, 11) is 0. The third-order valence-electron chi connectivity index (χ3n) is 8.75. The summed E-state index contributed by atoms with van der Waals surface area (Å²) >= 11 is 0. The van der Waals surface area contributed by atoms with Crippen LogP contribution in [0.2, 0.25) is 0 Å². The number of aromatic nitrogens is 1. The minimum atomic E-state index is -0.852. The average molecular weight is 434 g/mol. The zero-order chi connectivity index (χ0) is 21.8. The molecule has 4 aliphatic rings. The molecule has 8 heteroatoms. The summed E-state index contributed by atoms with van der Waals surface area (Å²) in [5, 5.41) is 19.8. The number of aliphatic carboxylic acids is 1. The number of nitrogens with zero attached hydrogens (tertiary/aromatic N) is 1. The molecule has 7 nitrogen and oxygen atoms in total. The number of carbonyl (C=O) groups excluding carboxylic acids is 1. The van der Waals surface area contributed by atoms with Gasteiger partial charge in [0.15, 0.2) is 5.76 Å². The van der Waals surface area contributed by atoms with Crippen LogP contribution < -0.4 is 10.6 Å². The quantitative estimate of drug-likeness (QED) is 0.611. The molecule has 170 valence electrons. The van der Waals surface area contributed by atoms with Crippen LogP contribution in [0.5, 0.6) is 0 Å². The number of carbonyl (C=O) groups is 2. The van der Waals surface area contributed by atoms with Gasteiger partial charge in [0, 0.05) is 12.6 Å². The Labute approximate surface area is 181 Å². The first-order valence-corrected chi connectivity index (χ1v) is 11.7. The monoisotopic (exact) mass is 433 g/mol. The van der Waals surface area contributed by atoms with Crippen molar-refractivity contribution in [2.45, 2.75) is 58.2 Å². The maximum Gasteiger partial charge on any atom is 0.307 e. The lowest BCUT2D eigenvalue weighted by Gasteiger charge is -2.27. The lowest BCUT2D eigenvalue weighted by atomic mass is 9.78. The molecule has 1 saturated heterocycles. The molecule has 2 heterocycles. The molecule has 2 bridgehead atoms. The van der Waals surface area contributed by atoms with Gasteiger partial charge in [0.05, 0.1) is 24.1 Å². The molecule has 0 radical (unpaired) electrons. The van der Waals surface area contributed by atoms with Crippen molar-refractivity contribution in [1.29, 1.82) is 0 Å². The highest BCUT2D eigenvalue weighted by Crippen LogP contribution is 2.78. The molecule has 31 heavy (non-hydrogen) atoms. The summed E-state index contributed by atoms with van der Waals surface area (Å²) in [5.74, 6) is -0.835. The Bertz CT molecular complexity index is 860. The van der Waals surface area contributed by atoms with E-state index in [1.807, 2.05) is 6.92 Å². The Morgan fingerprint density at radius 3 is 2.74 bits per heavy atom. The second-order valence-corrected chi connectivity index (χ2v) is 10.2. The van der Waals surface area contributed by atoms with Crippen LogP contribution >= 0.6 is 0 Å². The van der Waals surface area contributed by atoms with Gasteiger partial charge < -0.3 is 20.3 Å². The van der Waals surface area contributed by atoms with Crippen molar-refractivity contribution in [2.75, 3.05) is 13.1 Å². The number of nitrogens with one attached hydrogen (secondary N) is 2. The second-order valence-electron chi connectivity index (χ2n) is 10.2. The molecule has 1 aromatic heterocycles. The lowest BCUT2D eigenvalue weighted by Crippen LogP contribution is -2.41. The molecule has 1 aliphatic heterocycles. The van der Waals surface area contributed by atoms with Crippen LogP contribution in [0.1, 0.15) is 50.0 Å². The van der Waals surface area contributed by atoms with E-state index in [0.29, 0.717) is 18.2 Å². The summed E-state index contributed by atoms with van der Waals surface area (Å²) in [6, 6.07) is 1.77. The molecule has 3 aliphatic carbocycles. The van der Waals surface area contributed by atoms with Gasteiger partial charge in [-0.25, -0.2) is 4.39 Å². The van der Waals surface area contributed by atoms with Crippen molar-refractivity contribution in [2.24, 2.45) is 40.9 Å². The molecule has 1 aromatic rings. The van der Waals surface area contributed by atoms with E-state index in [1.165, 1.54) is 0 Å². The fraction of sp³-hybridized carbons (Fsp3) is 0.783. The van der Waals surface area contributed by atoms with E-state index in [9.17, 15) is 19.1 Å². The van der Waals surface area contributed by atoms with Crippen LogP contribution in [0, 0.1) is 47.8 Å². The molecular weight excluding hydrogens is 401 g/mol. The Morgan fingerprint density at radius 1 is 1.29 bits per heavy atom. The Morgan fingerprint density at radius 2 is 2.06 bits per heavy atom. The van der Waals surface area contributed by atoms with Gasteiger partial charge in [0.1, 0.15) is 6.17 Å². The van der Waals surface area contributed by atoms with Crippen LogP contribution in [0.15, 0.2) is 10.6 Å². The highest BCUT2D eigenvalue weighted by molar-refractivity contribution is 5.86. The number of amides is 1. The number of rotatable bonds is 7. The van der Waals surface area contributed by atoms with Crippen molar-refractivity contribution >= 4 is 11.9 Å². The van der Waals surface area contributed by atoms with Gasteiger partial charge in [-0.15, -0.1) is 0 Å². The summed E-state index contributed by atoms with van der Waals surface area (Å²) < 4.78 is 19.4. The predicted octanol–water partition coefficient (Wildman–Crippen LogP) is 2.69. The van der Waals surface area contributed by atoms with E-state index in [2.05, 4.69) is 15.8 Å². The first-order chi connectivity index (χ1) is 14.9. The highest BCUT2D eigenvalue weighted by atomic mass is 19.1. The van der Waals surface area contributed by atoms with Gasteiger partial charge in [-0.3, -0.25) is 9.59 Å². The number of piperidine rings is 1. The number of halogens is 1. The largest absolute Gasteiger partial charge is 0.481 e. The van der Waals surface area contributed by atoms with Crippen molar-refractivity contribution in [3.8, 4) is 0 Å².